The molecule has 114 valence electrons. The third-order valence-corrected chi connectivity index (χ3v) is 4.97. The second-order valence-corrected chi connectivity index (χ2v) is 6.72. The van der Waals surface area contributed by atoms with E-state index >= 15 is 0 Å². The van der Waals surface area contributed by atoms with Gasteiger partial charge in [0.05, 0.1) is 21.5 Å². The smallest absolute Gasteiger partial charge is 0.0926 e. The van der Waals surface area contributed by atoms with Crippen molar-refractivity contribution in [2.75, 3.05) is 0 Å². The number of rotatable bonds is 4. The van der Waals surface area contributed by atoms with Crippen LogP contribution in [0, 0.1) is 20.8 Å². The number of hydrogen-bond donors (Lipinski definition) is 1. The highest BCUT2D eigenvalue weighted by atomic mass is 79.9. The largest absolute Gasteiger partial charge is 0.385 e. The Morgan fingerprint density at radius 2 is 1.95 bits per heavy atom. The van der Waals surface area contributed by atoms with Crippen LogP contribution in [0.1, 0.15) is 41.9 Å². The molecule has 1 atom stereocenters. The Morgan fingerprint density at radius 1 is 1.29 bits per heavy atom. The van der Waals surface area contributed by atoms with Gasteiger partial charge in [-0.25, -0.2) is 0 Å². The van der Waals surface area contributed by atoms with E-state index in [0.717, 1.165) is 39.1 Å². The summed E-state index contributed by atoms with van der Waals surface area (Å²) >= 11 is 3.61. The first-order chi connectivity index (χ1) is 9.76. The molecule has 0 saturated heterocycles. The van der Waals surface area contributed by atoms with Gasteiger partial charge < -0.3 is 5.11 Å². The molecule has 0 fully saturated rings. The summed E-state index contributed by atoms with van der Waals surface area (Å²) in [6, 6.07) is 6.21. The van der Waals surface area contributed by atoms with Gasteiger partial charge in [0.1, 0.15) is 0 Å². The molecule has 0 radical (unpaired) electrons. The maximum absolute atomic E-state index is 11.0. The van der Waals surface area contributed by atoms with Crippen molar-refractivity contribution < 1.29 is 5.11 Å². The van der Waals surface area contributed by atoms with Crippen molar-refractivity contribution in [3.8, 4) is 0 Å². The molecule has 21 heavy (non-hydrogen) atoms. The Morgan fingerprint density at radius 3 is 2.57 bits per heavy atom. The van der Waals surface area contributed by atoms with Crippen LogP contribution in [0.2, 0.25) is 0 Å². The molecule has 1 aromatic heterocycles. The fourth-order valence-electron chi connectivity index (χ4n) is 2.78. The predicted molar refractivity (Wildman–Crippen MR) is 89.5 cm³/mol. The normalized spacial score (nSPS) is 14.2. The van der Waals surface area contributed by atoms with Crippen LogP contribution in [0.5, 0.6) is 0 Å². The molecule has 0 bridgehead atoms. The fourth-order valence-corrected chi connectivity index (χ4v) is 3.20. The summed E-state index contributed by atoms with van der Waals surface area (Å²) in [6.07, 6.45) is 0.534. The van der Waals surface area contributed by atoms with E-state index in [1.54, 1.807) is 0 Å². The zero-order chi connectivity index (χ0) is 15.8. The van der Waals surface area contributed by atoms with Gasteiger partial charge in [-0.3, -0.25) is 4.68 Å². The van der Waals surface area contributed by atoms with Crippen LogP contribution in [0.3, 0.4) is 0 Å². The summed E-state index contributed by atoms with van der Waals surface area (Å²) < 4.78 is 2.95. The molecule has 2 rings (SSSR count). The number of halogens is 1. The topological polar surface area (TPSA) is 38.0 Å². The van der Waals surface area contributed by atoms with E-state index in [0.29, 0.717) is 6.42 Å². The van der Waals surface area contributed by atoms with E-state index in [1.165, 1.54) is 0 Å². The summed E-state index contributed by atoms with van der Waals surface area (Å²) in [6.45, 7) is 10.8. The summed E-state index contributed by atoms with van der Waals surface area (Å²) in [5.74, 6) is 0. The Labute approximate surface area is 135 Å². The average molecular weight is 351 g/mol. The van der Waals surface area contributed by atoms with Gasteiger partial charge in [0.2, 0.25) is 0 Å². The van der Waals surface area contributed by atoms with Crippen molar-refractivity contribution in [1.82, 2.24) is 9.78 Å². The molecular formula is C17H23BrN2O. The lowest BCUT2D eigenvalue weighted by Gasteiger charge is -2.26. The van der Waals surface area contributed by atoms with E-state index in [1.807, 2.05) is 25.5 Å². The summed E-state index contributed by atoms with van der Waals surface area (Å²) in [5.41, 5.74) is 4.34. The van der Waals surface area contributed by atoms with E-state index in [4.69, 9.17) is 0 Å². The number of nitrogens with zero attached hydrogens (tertiary/aromatic N) is 2. The van der Waals surface area contributed by atoms with Crippen LogP contribution in [-0.2, 0) is 18.6 Å². The zero-order valence-corrected chi connectivity index (χ0v) is 15.0. The van der Waals surface area contributed by atoms with Gasteiger partial charge in [-0.05, 0) is 61.7 Å². The standard InChI is InChI=1S/C17H23BrN2O/c1-6-20-15(16(18)13(4)19-20)10-17(5,21)14-9-11(2)7-8-12(14)3/h7-9,21H,6,10H2,1-5H3. The number of aliphatic hydroxyl groups is 1. The highest BCUT2D eigenvalue weighted by Gasteiger charge is 2.29. The molecule has 2 aromatic rings. The average Bonchev–Trinajstić information content (AvgIpc) is 2.68. The van der Waals surface area contributed by atoms with Gasteiger partial charge >= 0.3 is 0 Å². The number of hydrogen-bond acceptors (Lipinski definition) is 2. The molecule has 0 aliphatic heterocycles. The summed E-state index contributed by atoms with van der Waals surface area (Å²) in [7, 11) is 0. The van der Waals surface area contributed by atoms with Crippen LogP contribution in [0.4, 0.5) is 0 Å². The van der Waals surface area contributed by atoms with Crippen molar-refractivity contribution in [3.63, 3.8) is 0 Å². The minimum absolute atomic E-state index is 0.534. The number of aromatic nitrogens is 2. The van der Waals surface area contributed by atoms with E-state index in [9.17, 15) is 5.11 Å². The maximum atomic E-state index is 11.0. The van der Waals surface area contributed by atoms with Gasteiger partial charge in [0, 0.05) is 13.0 Å². The highest BCUT2D eigenvalue weighted by Crippen LogP contribution is 2.32. The minimum Gasteiger partial charge on any atom is -0.385 e. The Hall–Kier alpha value is -1.13. The van der Waals surface area contributed by atoms with E-state index < -0.39 is 5.60 Å². The van der Waals surface area contributed by atoms with Crippen LogP contribution < -0.4 is 0 Å². The lowest BCUT2D eigenvalue weighted by atomic mass is 9.87. The quantitative estimate of drug-likeness (QED) is 0.903. The molecule has 0 spiro atoms. The molecule has 0 aliphatic carbocycles. The van der Waals surface area contributed by atoms with Crippen LogP contribution in [-0.4, -0.2) is 14.9 Å². The lowest BCUT2D eigenvalue weighted by molar-refractivity contribution is 0.0545. The van der Waals surface area contributed by atoms with Crippen molar-refractivity contribution in [2.24, 2.45) is 0 Å². The summed E-state index contributed by atoms with van der Waals surface area (Å²) in [5, 5.41) is 15.5. The van der Waals surface area contributed by atoms with Crippen LogP contribution in [0.25, 0.3) is 0 Å². The molecule has 0 saturated carbocycles. The van der Waals surface area contributed by atoms with Gasteiger partial charge in [0.25, 0.3) is 0 Å². The van der Waals surface area contributed by atoms with Crippen molar-refractivity contribution >= 4 is 15.9 Å². The Kier molecular flexibility index (Phi) is 4.59. The highest BCUT2D eigenvalue weighted by molar-refractivity contribution is 9.10. The molecule has 1 aromatic carbocycles. The molecule has 1 unspecified atom stereocenters. The predicted octanol–water partition coefficient (Wildman–Crippen LogP) is 4.04. The van der Waals surface area contributed by atoms with Crippen molar-refractivity contribution in [3.05, 3.63) is 50.8 Å². The SMILES string of the molecule is CCn1nc(C)c(Br)c1CC(C)(O)c1cc(C)ccc1C. The zero-order valence-electron chi connectivity index (χ0n) is 13.4. The van der Waals surface area contributed by atoms with Crippen molar-refractivity contribution in [1.29, 1.82) is 0 Å². The first-order valence-corrected chi connectivity index (χ1v) is 8.07. The third kappa shape index (κ3) is 3.22. The lowest BCUT2D eigenvalue weighted by Crippen LogP contribution is -2.27. The fraction of sp³-hybridized carbons (Fsp3) is 0.471. The van der Waals surface area contributed by atoms with Gasteiger partial charge in [-0.1, -0.05) is 23.8 Å². The second kappa shape index (κ2) is 5.93. The van der Waals surface area contributed by atoms with Gasteiger partial charge in [-0.15, -0.1) is 0 Å². The first kappa shape index (κ1) is 16.2. The molecular weight excluding hydrogens is 328 g/mol. The van der Waals surface area contributed by atoms with Crippen LogP contribution in [0.15, 0.2) is 22.7 Å². The summed E-state index contributed by atoms with van der Waals surface area (Å²) in [4.78, 5) is 0. The molecule has 1 N–H and O–H groups in total. The molecule has 0 amide bonds. The molecule has 3 nitrogen and oxygen atoms in total. The number of aryl methyl sites for hydroxylation is 4. The first-order valence-electron chi connectivity index (χ1n) is 7.28. The molecule has 0 aliphatic rings. The molecule has 1 heterocycles. The monoisotopic (exact) mass is 350 g/mol. The Bertz CT molecular complexity index is 659. The maximum Gasteiger partial charge on any atom is 0.0926 e. The minimum atomic E-state index is -0.919. The van der Waals surface area contributed by atoms with E-state index in [2.05, 4.69) is 53.1 Å². The second-order valence-electron chi connectivity index (χ2n) is 5.93. The van der Waals surface area contributed by atoms with Crippen LogP contribution >= 0.6 is 15.9 Å². The van der Waals surface area contributed by atoms with Gasteiger partial charge in [-0.2, -0.15) is 5.10 Å². The van der Waals surface area contributed by atoms with Crippen molar-refractivity contribution in [2.45, 2.75) is 53.2 Å². The molecule has 4 heteroatoms. The van der Waals surface area contributed by atoms with Gasteiger partial charge in [0.15, 0.2) is 0 Å². The number of benzene rings is 1. The van der Waals surface area contributed by atoms with E-state index in [-0.39, 0.29) is 0 Å². The Balaban J connectivity index is 2.44. The third-order valence-electron chi connectivity index (χ3n) is 3.94.